The summed E-state index contributed by atoms with van der Waals surface area (Å²) in [5, 5.41) is 8.61. The van der Waals surface area contributed by atoms with Gasteiger partial charge >= 0.3 is 0 Å². The number of nitrogens with zero attached hydrogens (tertiary/aromatic N) is 3. The smallest absolute Gasteiger partial charge is 0.140 e. The van der Waals surface area contributed by atoms with Crippen LogP contribution in [0.5, 0.6) is 0 Å². The molecular weight excluding hydrogens is 204 g/mol. The van der Waals surface area contributed by atoms with E-state index in [1.165, 1.54) is 6.42 Å². The van der Waals surface area contributed by atoms with E-state index in [2.05, 4.69) is 21.7 Å². The van der Waals surface area contributed by atoms with Crippen LogP contribution in [-0.2, 0) is 17.7 Å². The van der Waals surface area contributed by atoms with Crippen molar-refractivity contribution in [3.05, 3.63) is 11.6 Å². The van der Waals surface area contributed by atoms with Crippen molar-refractivity contribution in [1.29, 1.82) is 0 Å². The third kappa shape index (κ3) is 1.55. The molecule has 2 N–H and O–H groups in total. The summed E-state index contributed by atoms with van der Waals surface area (Å²) in [6.07, 6.45) is 2.25. The van der Waals surface area contributed by atoms with Crippen LogP contribution in [0.3, 0.4) is 0 Å². The van der Waals surface area contributed by atoms with Gasteiger partial charge in [0.1, 0.15) is 11.6 Å². The minimum absolute atomic E-state index is 0.0765. The van der Waals surface area contributed by atoms with Crippen LogP contribution in [0.25, 0.3) is 0 Å². The van der Waals surface area contributed by atoms with E-state index in [9.17, 15) is 0 Å². The first kappa shape index (κ1) is 10.2. The Labute approximate surface area is 95.0 Å². The first-order valence-corrected chi connectivity index (χ1v) is 6.01. The predicted octanol–water partition coefficient (Wildman–Crippen LogP) is 0.301. The molecule has 0 spiro atoms. The number of aromatic nitrogens is 3. The summed E-state index contributed by atoms with van der Waals surface area (Å²) >= 11 is 0. The van der Waals surface area contributed by atoms with E-state index < -0.39 is 0 Å². The van der Waals surface area contributed by atoms with E-state index >= 15 is 0 Å². The zero-order valence-corrected chi connectivity index (χ0v) is 9.59. The van der Waals surface area contributed by atoms with Crippen LogP contribution in [-0.4, -0.2) is 34.0 Å². The van der Waals surface area contributed by atoms with E-state index in [4.69, 9.17) is 10.5 Å². The maximum atomic E-state index is 6.02. The fourth-order valence-electron chi connectivity index (χ4n) is 2.62. The molecule has 16 heavy (non-hydrogen) atoms. The van der Waals surface area contributed by atoms with Crippen LogP contribution in [0, 0.1) is 5.92 Å². The fraction of sp³-hybridized carbons (Fsp3) is 0.818. The number of ether oxygens (including phenoxy) is 1. The molecule has 0 radical (unpaired) electrons. The standard InChI is InChI=1S/C11H18N4O/c1-7-2-3-15-10(4-7)13-14-11(15)8-5-16-6-9(8)12/h7-9H,2-6,12H2,1H3. The Hall–Kier alpha value is -0.940. The molecule has 3 atom stereocenters. The zero-order chi connectivity index (χ0) is 11.1. The highest BCUT2D eigenvalue weighted by atomic mass is 16.5. The molecule has 3 heterocycles. The Kier molecular flexibility index (Phi) is 2.44. The average molecular weight is 222 g/mol. The van der Waals surface area contributed by atoms with Gasteiger partial charge in [-0.25, -0.2) is 0 Å². The maximum absolute atomic E-state index is 6.02. The number of hydrogen-bond donors (Lipinski definition) is 1. The summed E-state index contributed by atoms with van der Waals surface area (Å²) in [5.74, 6) is 3.10. The van der Waals surface area contributed by atoms with Gasteiger partial charge in [-0.05, 0) is 12.3 Å². The van der Waals surface area contributed by atoms with Gasteiger partial charge < -0.3 is 15.0 Å². The van der Waals surface area contributed by atoms with Crippen molar-refractivity contribution in [3.8, 4) is 0 Å². The van der Waals surface area contributed by atoms with Gasteiger partial charge in [-0.1, -0.05) is 6.92 Å². The minimum Gasteiger partial charge on any atom is -0.379 e. The van der Waals surface area contributed by atoms with E-state index in [0.29, 0.717) is 13.2 Å². The Morgan fingerprint density at radius 2 is 2.25 bits per heavy atom. The lowest BCUT2D eigenvalue weighted by Gasteiger charge is -2.22. The molecule has 0 bridgehead atoms. The molecule has 5 heteroatoms. The lowest BCUT2D eigenvalue weighted by molar-refractivity contribution is 0.189. The molecule has 1 aromatic rings. The summed E-state index contributed by atoms with van der Waals surface area (Å²) in [4.78, 5) is 0. The van der Waals surface area contributed by atoms with Crippen molar-refractivity contribution in [3.63, 3.8) is 0 Å². The zero-order valence-electron chi connectivity index (χ0n) is 9.59. The van der Waals surface area contributed by atoms with Crippen molar-refractivity contribution in [1.82, 2.24) is 14.8 Å². The topological polar surface area (TPSA) is 66.0 Å². The highest BCUT2D eigenvalue weighted by molar-refractivity contribution is 5.09. The van der Waals surface area contributed by atoms with Crippen molar-refractivity contribution >= 4 is 0 Å². The Balaban J connectivity index is 1.91. The summed E-state index contributed by atoms with van der Waals surface area (Å²) in [5.41, 5.74) is 6.02. The highest BCUT2D eigenvalue weighted by Crippen LogP contribution is 2.27. The van der Waals surface area contributed by atoms with Gasteiger partial charge in [0.05, 0.1) is 19.1 Å². The SMILES string of the molecule is CC1CCn2c(nnc2C2COCC2N)C1. The summed E-state index contributed by atoms with van der Waals surface area (Å²) in [6, 6.07) is 0.0765. The van der Waals surface area contributed by atoms with Crippen LogP contribution >= 0.6 is 0 Å². The van der Waals surface area contributed by atoms with Gasteiger partial charge in [-0.2, -0.15) is 0 Å². The largest absolute Gasteiger partial charge is 0.379 e. The predicted molar refractivity (Wildman–Crippen MR) is 59.0 cm³/mol. The highest BCUT2D eigenvalue weighted by Gasteiger charge is 2.32. The molecular formula is C11H18N4O. The molecule has 2 aliphatic heterocycles. The van der Waals surface area contributed by atoms with Crippen LogP contribution < -0.4 is 5.73 Å². The Morgan fingerprint density at radius 3 is 3.00 bits per heavy atom. The van der Waals surface area contributed by atoms with Gasteiger partial charge in [0.25, 0.3) is 0 Å². The fourth-order valence-corrected chi connectivity index (χ4v) is 2.62. The average Bonchev–Trinajstić information content (AvgIpc) is 2.83. The molecule has 88 valence electrons. The third-order valence-corrected chi connectivity index (χ3v) is 3.69. The van der Waals surface area contributed by atoms with Crippen molar-refractivity contribution < 1.29 is 4.74 Å². The number of nitrogens with two attached hydrogens (primary N) is 1. The Bertz CT molecular complexity index is 389. The molecule has 3 unspecified atom stereocenters. The third-order valence-electron chi connectivity index (χ3n) is 3.69. The molecule has 3 rings (SSSR count). The van der Waals surface area contributed by atoms with E-state index in [0.717, 1.165) is 30.5 Å². The lowest BCUT2D eigenvalue weighted by atomic mass is 9.98. The first-order chi connectivity index (χ1) is 7.75. The van der Waals surface area contributed by atoms with Gasteiger partial charge in [-0.15, -0.1) is 10.2 Å². The van der Waals surface area contributed by atoms with Gasteiger partial charge in [-0.3, -0.25) is 0 Å². The second kappa shape index (κ2) is 3.82. The second-order valence-corrected chi connectivity index (χ2v) is 5.03. The molecule has 0 saturated carbocycles. The second-order valence-electron chi connectivity index (χ2n) is 5.03. The van der Waals surface area contributed by atoms with Crippen molar-refractivity contribution in [2.45, 2.75) is 38.3 Å². The number of hydrogen-bond acceptors (Lipinski definition) is 4. The molecule has 5 nitrogen and oxygen atoms in total. The van der Waals surface area contributed by atoms with Crippen LogP contribution in [0.4, 0.5) is 0 Å². The van der Waals surface area contributed by atoms with E-state index in [1.54, 1.807) is 0 Å². The molecule has 0 amide bonds. The summed E-state index contributed by atoms with van der Waals surface area (Å²) in [6.45, 7) is 4.63. The van der Waals surface area contributed by atoms with Crippen molar-refractivity contribution in [2.75, 3.05) is 13.2 Å². The molecule has 0 aliphatic carbocycles. The maximum Gasteiger partial charge on any atom is 0.140 e. The van der Waals surface area contributed by atoms with E-state index in [1.807, 2.05) is 0 Å². The molecule has 2 aliphatic rings. The van der Waals surface area contributed by atoms with Gasteiger partial charge in [0.2, 0.25) is 0 Å². The molecule has 0 aromatic carbocycles. The van der Waals surface area contributed by atoms with Gasteiger partial charge in [0.15, 0.2) is 0 Å². The summed E-state index contributed by atoms with van der Waals surface area (Å²) in [7, 11) is 0. The quantitative estimate of drug-likeness (QED) is 0.742. The minimum atomic E-state index is 0.0765. The molecule has 1 fully saturated rings. The Morgan fingerprint density at radius 1 is 1.38 bits per heavy atom. The van der Waals surface area contributed by atoms with E-state index in [-0.39, 0.29) is 12.0 Å². The molecule has 1 saturated heterocycles. The van der Waals surface area contributed by atoms with Crippen LogP contribution in [0.2, 0.25) is 0 Å². The number of rotatable bonds is 1. The monoisotopic (exact) mass is 222 g/mol. The molecule has 1 aromatic heterocycles. The first-order valence-electron chi connectivity index (χ1n) is 6.01. The normalized spacial score (nSPS) is 34.0. The summed E-state index contributed by atoms with van der Waals surface area (Å²) < 4.78 is 7.65. The van der Waals surface area contributed by atoms with Crippen molar-refractivity contribution in [2.24, 2.45) is 11.7 Å². The van der Waals surface area contributed by atoms with Crippen LogP contribution in [0.1, 0.15) is 30.9 Å². The lowest BCUT2D eigenvalue weighted by Crippen LogP contribution is -2.30. The van der Waals surface area contributed by atoms with Crippen LogP contribution in [0.15, 0.2) is 0 Å². The van der Waals surface area contributed by atoms with Gasteiger partial charge in [0, 0.05) is 19.0 Å². The number of fused-ring (bicyclic) bond motifs is 1.